The molecule has 4 radical (unpaired) electrons. The van der Waals surface area contributed by atoms with Gasteiger partial charge in [-0.2, -0.15) is 44.4 Å². The number of alkyl halides is 3. The molecule has 0 aromatic heterocycles. The molecule has 0 aliphatic heterocycles. The van der Waals surface area contributed by atoms with E-state index in [9.17, 15) is 13.2 Å². The van der Waals surface area contributed by atoms with Gasteiger partial charge in [-0.3, -0.25) is 0 Å². The Morgan fingerprint density at radius 2 is 1.76 bits per heavy atom. The number of halogens is 4. The molecular weight excluding hydrogens is 736 g/mol. The molecule has 4 nitrogen and oxygen atoms in total. The van der Waals surface area contributed by atoms with Gasteiger partial charge in [0.05, 0.1) is 28.0 Å². The van der Waals surface area contributed by atoms with Crippen molar-refractivity contribution in [3.8, 4) is 0 Å². The number of aliphatic imine (C=N–C) groups is 2. The van der Waals surface area contributed by atoms with Gasteiger partial charge in [0, 0.05) is 5.71 Å². The summed E-state index contributed by atoms with van der Waals surface area (Å²) in [5.74, 6) is 0.437. The molecule has 1 atom stereocenters. The number of rotatable bonds is 9. The van der Waals surface area contributed by atoms with Crippen molar-refractivity contribution in [3.63, 3.8) is 0 Å². The van der Waals surface area contributed by atoms with Crippen LogP contribution in [0.1, 0.15) is 65.0 Å². The molecule has 1 aromatic carbocycles. The monoisotopic (exact) mass is 772 g/mol. The van der Waals surface area contributed by atoms with Gasteiger partial charge < -0.3 is 14.8 Å². The third-order valence-corrected chi connectivity index (χ3v) is 4.59. The van der Waals surface area contributed by atoms with Crippen LogP contribution < -0.4 is 0 Å². The number of hydrogen-bond donors (Lipinski definition) is 1. The molecule has 0 amide bonds. The minimum absolute atomic E-state index is 0. The fraction of sp³-hybridized carbons (Fsp3) is 0.444. The fourth-order valence-electron chi connectivity index (χ4n) is 2.32. The minimum Gasteiger partial charge on any atom is -0.533 e. The first-order chi connectivity index (χ1) is 17.0. The van der Waals surface area contributed by atoms with Crippen molar-refractivity contribution in [2.75, 3.05) is 7.11 Å². The van der Waals surface area contributed by atoms with Crippen LogP contribution in [-0.2, 0) is 4.74 Å². The van der Waals surface area contributed by atoms with E-state index >= 15 is 0 Å². The Morgan fingerprint density at radius 3 is 2.11 bits per heavy atom. The number of methoxy groups -OCH3 is 1. The molecule has 0 saturated heterocycles. The van der Waals surface area contributed by atoms with Gasteiger partial charge >= 0.3 is 37.3 Å². The first-order valence-corrected chi connectivity index (χ1v) is 12.0. The van der Waals surface area contributed by atoms with E-state index in [0.717, 1.165) is 30.9 Å². The summed E-state index contributed by atoms with van der Waals surface area (Å²) in [4.78, 5) is 7.82. The maximum atomic E-state index is 12.8. The maximum absolute atomic E-state index is 12.8. The van der Waals surface area contributed by atoms with Gasteiger partial charge in [-0.25, -0.2) is 11.1 Å². The summed E-state index contributed by atoms with van der Waals surface area (Å²) in [5, 5.41) is 7.15. The summed E-state index contributed by atoms with van der Waals surface area (Å²) < 4.78 is 43.4. The molecule has 0 aliphatic rings. The van der Waals surface area contributed by atoms with Gasteiger partial charge in [0.15, 0.2) is 0 Å². The van der Waals surface area contributed by atoms with Crippen LogP contribution >= 0.6 is 11.6 Å². The van der Waals surface area contributed by atoms with Gasteiger partial charge in [-0.15, -0.1) is 12.1 Å². The van der Waals surface area contributed by atoms with Gasteiger partial charge in [-0.05, 0) is 48.8 Å². The van der Waals surface area contributed by atoms with Crippen molar-refractivity contribution in [1.29, 1.82) is 0 Å². The third-order valence-electron chi connectivity index (χ3n) is 4.31. The third kappa shape index (κ3) is 21.6. The summed E-state index contributed by atoms with van der Waals surface area (Å²) >= 11 is 5.74. The second-order valence-corrected chi connectivity index (χ2v) is 8.47. The Morgan fingerprint density at radius 1 is 1.26 bits per heavy atom. The molecule has 0 aliphatic carbocycles. The van der Waals surface area contributed by atoms with Crippen LogP contribution in [0.25, 0.3) is 0 Å². The van der Waals surface area contributed by atoms with Gasteiger partial charge in [0.25, 0.3) is 0 Å². The zero-order chi connectivity index (χ0) is 29.2. The van der Waals surface area contributed by atoms with Crippen LogP contribution in [0.4, 0.5) is 13.2 Å². The number of hydrogen-bond acceptors (Lipinski definition) is 4. The first-order valence-electron chi connectivity index (χ1n) is 11.6. The average Bonchev–Trinajstić information content (AvgIpc) is 2.79. The van der Waals surface area contributed by atoms with Crippen LogP contribution in [0.3, 0.4) is 0 Å². The van der Waals surface area contributed by atoms with E-state index in [4.69, 9.17) is 21.4 Å². The normalized spacial score (nSPS) is 13.7. The molecule has 0 saturated carbocycles. The Bertz CT molecular complexity index is 922. The number of aliphatic hydroxyl groups is 1. The summed E-state index contributed by atoms with van der Waals surface area (Å²) in [6.45, 7) is 15.7. The predicted octanol–water partition coefficient (Wildman–Crippen LogP) is 7.06. The van der Waals surface area contributed by atoms with Crippen LogP contribution in [0.2, 0.25) is 0 Å². The first kappa shape index (κ1) is 41.2. The smallest absolute Gasteiger partial charge is 0.533 e. The SMILES string of the molecule is C=[C-]/C(=C\N=C(Cl)CCC)OC.[B]C([B])(C)O.[CH2-]c1ccc(C(=N/C(=C\C)C(F)(F)F)C(C)CC)cc1.[U+2]. The van der Waals surface area contributed by atoms with Crippen molar-refractivity contribution in [2.24, 2.45) is 15.9 Å². The Hall–Kier alpha value is -1.33. The zero-order valence-electron chi connectivity index (χ0n) is 23.0. The summed E-state index contributed by atoms with van der Waals surface area (Å²) in [6.07, 6.45) is 3.13. The summed E-state index contributed by atoms with van der Waals surface area (Å²) in [7, 11) is 10.9. The Balaban J connectivity index is -0.000000579. The number of ether oxygens (including phenoxy) is 1. The van der Waals surface area contributed by atoms with Crippen LogP contribution in [-0.4, -0.2) is 50.4 Å². The minimum atomic E-state index is -4.43. The zero-order valence-corrected chi connectivity index (χ0v) is 27.9. The standard InChI is InChI=1S/C16H19F3N.C9H13ClNO.C2H4B2O.U/c1-5-12(4)15(13-9-7-11(3)8-10-13)20-14(6-2)16(17,18)19;1-4-6-9(10)11-7-8(5-2)12-3;1-2(3,4)5;/h6-10,12H,3,5H2,1-2,4H3;7H,2,4,6H2,1,3H3;5H,1H3;/q2*-1;;+2/b14-6-,20-15?;8-7+,11-9?;;. The molecule has 1 rings (SSSR count). The molecule has 11 heteroatoms. The second-order valence-electron chi connectivity index (χ2n) is 8.03. The maximum Gasteiger partial charge on any atom is 2.00 e. The molecule has 0 bridgehead atoms. The van der Waals surface area contributed by atoms with Crippen LogP contribution in [0.15, 0.2) is 64.6 Å². The van der Waals surface area contributed by atoms with E-state index in [-0.39, 0.29) is 37.0 Å². The van der Waals surface area contributed by atoms with E-state index in [1.165, 1.54) is 27.2 Å². The van der Waals surface area contributed by atoms with Crippen molar-refractivity contribution in [3.05, 3.63) is 78.7 Å². The van der Waals surface area contributed by atoms with E-state index in [1.807, 2.05) is 20.8 Å². The molecule has 0 heterocycles. The molecule has 1 N–H and O–H groups in total. The number of benzene rings is 1. The summed E-state index contributed by atoms with van der Waals surface area (Å²) in [5.41, 5.74) is 1.12. The molecule has 0 spiro atoms. The van der Waals surface area contributed by atoms with E-state index in [0.29, 0.717) is 22.2 Å². The van der Waals surface area contributed by atoms with Crippen molar-refractivity contribution < 1.29 is 54.1 Å². The summed E-state index contributed by atoms with van der Waals surface area (Å²) in [6, 6.07) is 7.07. The second kappa shape index (κ2) is 21.5. The van der Waals surface area contributed by atoms with E-state index in [1.54, 1.807) is 24.3 Å². The average molecular weight is 773 g/mol. The van der Waals surface area contributed by atoms with Crippen molar-refractivity contribution in [2.45, 2.75) is 65.5 Å². The topological polar surface area (TPSA) is 54.2 Å². The van der Waals surface area contributed by atoms with Crippen LogP contribution in [0.5, 0.6) is 0 Å². The number of nitrogens with zero attached hydrogens (tertiary/aromatic N) is 2. The van der Waals surface area contributed by atoms with Crippen molar-refractivity contribution >= 4 is 38.2 Å². The van der Waals surface area contributed by atoms with E-state index < -0.39 is 17.3 Å². The van der Waals surface area contributed by atoms with Crippen LogP contribution in [0, 0.1) is 50.0 Å². The predicted molar refractivity (Wildman–Crippen MR) is 151 cm³/mol. The quantitative estimate of drug-likeness (QED) is 0.0962. The Labute approximate surface area is 258 Å². The Kier molecular flexibility index (Phi) is 23.3. The fourth-order valence-corrected chi connectivity index (χ4v) is 2.56. The molecule has 1 unspecified atom stereocenters. The molecular formula is C27H36B2ClF3N2O2U. The van der Waals surface area contributed by atoms with Gasteiger partial charge in [0.1, 0.15) is 5.70 Å². The van der Waals surface area contributed by atoms with Gasteiger partial charge in [-0.1, -0.05) is 51.6 Å². The molecule has 204 valence electrons. The molecule has 38 heavy (non-hydrogen) atoms. The largest absolute Gasteiger partial charge is 2.00 e. The molecule has 0 fully saturated rings. The van der Waals surface area contributed by atoms with E-state index in [2.05, 4.69) is 45.3 Å². The van der Waals surface area contributed by atoms with Crippen molar-refractivity contribution in [1.82, 2.24) is 0 Å². The molecule has 1 aromatic rings. The van der Waals surface area contributed by atoms with Gasteiger partial charge in [0.2, 0.25) is 0 Å². The number of allylic oxidation sites excluding steroid dienone is 3.